The minimum Gasteiger partial charge on any atom is -0.127 e. The number of unbranched alkanes of at least 4 members (excludes halogenated alkanes) is 9. The lowest BCUT2D eigenvalue weighted by atomic mass is 10.0. The van der Waals surface area contributed by atoms with Crippen molar-refractivity contribution in [3.8, 4) is 19.5 Å². The second kappa shape index (κ2) is 21.5. The van der Waals surface area contributed by atoms with Crippen LogP contribution in [0.15, 0.2) is 48.4 Å². The Balaban J connectivity index is 0.000000502. The van der Waals surface area contributed by atoms with E-state index < -0.39 is 0 Å². The fraction of sp³-hybridized carbons (Fsp3) is 0.484. The smallest absolute Gasteiger partial charge is 0.0749 e. The quantitative estimate of drug-likeness (QED) is 0.117. The molecule has 0 saturated heterocycles. The summed E-state index contributed by atoms with van der Waals surface area (Å²) in [6.07, 6.45) is 15.0. The van der Waals surface area contributed by atoms with Crippen molar-refractivity contribution >= 4 is 141 Å². The Kier molecular flexibility index (Phi) is 21.3. The average Bonchev–Trinajstić information content (AvgIpc) is 3.66. The zero-order valence-corrected chi connectivity index (χ0v) is 34.8. The molecule has 4 rings (SSSR count). The van der Waals surface area contributed by atoms with E-state index in [0.717, 1.165) is 6.42 Å². The van der Waals surface area contributed by atoms with Gasteiger partial charge in [0.15, 0.2) is 0 Å². The average molecular weight is 1020 g/mol. The van der Waals surface area contributed by atoms with E-state index in [1.54, 1.807) is 34.0 Å². The van der Waals surface area contributed by atoms with E-state index in [1.165, 1.54) is 119 Å². The molecule has 10 heteroatoms. The molecule has 0 aliphatic heterocycles. The van der Waals surface area contributed by atoms with Gasteiger partial charge >= 0.3 is 0 Å². The van der Waals surface area contributed by atoms with E-state index >= 15 is 0 Å². The standard InChI is InChI=1S/C21H28Br4S2.C8H4Br2S2.2CH4/c1-3-4-5-6-7-8-9-10-11-12-13-15-17(23)19(27-21(15)25)18-16(22)14(2)20(24)26-18;9-7-3-1-5(11-7)6-2-4-8(10)12-6;;/h3-13H2,1-2H3;1-4H;2*1H4. The van der Waals surface area contributed by atoms with Crippen molar-refractivity contribution in [3.63, 3.8) is 0 Å². The number of thiophene rings is 4. The van der Waals surface area contributed by atoms with Crippen LogP contribution in [-0.2, 0) is 6.42 Å². The molecule has 0 spiro atoms. The predicted octanol–water partition coefficient (Wildman–Crippen LogP) is 17.6. The third-order valence-corrected chi connectivity index (χ3v) is 16.4. The lowest BCUT2D eigenvalue weighted by Gasteiger charge is -2.04. The van der Waals surface area contributed by atoms with Gasteiger partial charge in [-0.1, -0.05) is 79.6 Å². The highest BCUT2D eigenvalue weighted by molar-refractivity contribution is 9.12. The molecule has 0 unspecified atom stereocenters. The molecule has 41 heavy (non-hydrogen) atoms. The van der Waals surface area contributed by atoms with E-state index in [9.17, 15) is 0 Å². The first kappa shape index (κ1) is 40.7. The Labute approximate surface area is 315 Å². The van der Waals surface area contributed by atoms with Crippen LogP contribution in [0.25, 0.3) is 19.5 Å². The fourth-order valence-electron chi connectivity index (χ4n) is 4.07. The first-order valence-corrected chi connectivity index (χ1v) is 21.2. The van der Waals surface area contributed by atoms with Crippen molar-refractivity contribution in [2.45, 2.75) is 99.3 Å². The van der Waals surface area contributed by atoms with Crippen molar-refractivity contribution in [3.05, 3.63) is 59.5 Å². The van der Waals surface area contributed by atoms with Crippen molar-refractivity contribution in [1.82, 2.24) is 0 Å². The van der Waals surface area contributed by atoms with Gasteiger partial charge in [-0.25, -0.2) is 0 Å². The third-order valence-electron chi connectivity index (χ3n) is 6.28. The molecule has 0 aliphatic rings. The molecule has 0 radical (unpaired) electrons. The maximum Gasteiger partial charge on any atom is 0.0749 e. The van der Waals surface area contributed by atoms with E-state index in [-0.39, 0.29) is 14.9 Å². The van der Waals surface area contributed by atoms with Crippen LogP contribution in [0.2, 0.25) is 0 Å². The Hall–Kier alpha value is 1.68. The van der Waals surface area contributed by atoms with Gasteiger partial charge in [0.1, 0.15) is 0 Å². The first-order chi connectivity index (χ1) is 18.7. The maximum atomic E-state index is 3.88. The van der Waals surface area contributed by atoms with E-state index in [4.69, 9.17) is 0 Å². The van der Waals surface area contributed by atoms with Gasteiger partial charge in [-0.2, -0.15) is 0 Å². The molecule has 0 saturated carbocycles. The number of hydrogen-bond donors (Lipinski definition) is 0. The summed E-state index contributed by atoms with van der Waals surface area (Å²) in [6.45, 7) is 4.43. The second-order valence-electron chi connectivity index (χ2n) is 9.28. The fourth-order valence-corrected chi connectivity index (χ4v) is 13.1. The Morgan fingerprint density at radius 1 is 0.537 bits per heavy atom. The van der Waals surface area contributed by atoms with E-state index in [1.807, 2.05) is 11.3 Å². The zero-order valence-electron chi connectivity index (χ0n) is 22.0. The van der Waals surface area contributed by atoms with Crippen LogP contribution in [0.1, 0.15) is 97.1 Å². The highest BCUT2D eigenvalue weighted by Gasteiger charge is 2.21. The van der Waals surface area contributed by atoms with Gasteiger partial charge in [-0.05, 0) is 151 Å². The third kappa shape index (κ3) is 12.8. The van der Waals surface area contributed by atoms with Crippen molar-refractivity contribution in [2.24, 2.45) is 0 Å². The van der Waals surface area contributed by atoms with E-state index in [2.05, 4.69) is 134 Å². The van der Waals surface area contributed by atoms with Gasteiger partial charge in [0.25, 0.3) is 0 Å². The minimum absolute atomic E-state index is 0. The maximum absolute atomic E-state index is 3.88. The summed E-state index contributed by atoms with van der Waals surface area (Å²) in [5.74, 6) is 0. The van der Waals surface area contributed by atoms with Gasteiger partial charge in [-0.3, -0.25) is 0 Å². The number of rotatable bonds is 13. The SMILES string of the molecule is Brc1ccc(-c2ccc(Br)s2)s1.C.C.CCCCCCCCCCCCc1c(Br)sc(-c2sc(Br)c(C)c2Br)c1Br. The summed E-state index contributed by atoms with van der Waals surface area (Å²) in [7, 11) is 0. The molecule has 4 aromatic heterocycles. The normalized spacial score (nSPS) is 10.6. The highest BCUT2D eigenvalue weighted by atomic mass is 79.9. The molecule has 0 N–H and O–H groups in total. The summed E-state index contributed by atoms with van der Waals surface area (Å²) < 4.78 is 7.32. The summed E-state index contributed by atoms with van der Waals surface area (Å²) in [4.78, 5) is 5.27. The largest absolute Gasteiger partial charge is 0.127 e. The molecular weight excluding hydrogens is 980 g/mol. The van der Waals surface area contributed by atoms with E-state index in [0.29, 0.717) is 0 Å². The van der Waals surface area contributed by atoms with Crippen LogP contribution < -0.4 is 0 Å². The molecule has 0 nitrogen and oxygen atoms in total. The molecule has 0 atom stereocenters. The zero-order chi connectivity index (χ0) is 28.4. The monoisotopic (exact) mass is 1010 g/mol. The highest BCUT2D eigenvalue weighted by Crippen LogP contribution is 2.51. The molecule has 230 valence electrons. The van der Waals surface area contributed by atoms with Crippen LogP contribution in [-0.4, -0.2) is 0 Å². The van der Waals surface area contributed by atoms with Crippen molar-refractivity contribution in [1.29, 1.82) is 0 Å². The summed E-state index contributed by atoms with van der Waals surface area (Å²) in [5.41, 5.74) is 2.71. The second-order valence-corrected chi connectivity index (χ2v) is 20.5. The van der Waals surface area contributed by atoms with Gasteiger partial charge < -0.3 is 0 Å². The van der Waals surface area contributed by atoms with Crippen molar-refractivity contribution in [2.75, 3.05) is 0 Å². The van der Waals surface area contributed by atoms with Crippen molar-refractivity contribution < 1.29 is 0 Å². The molecule has 0 amide bonds. The summed E-state index contributed by atoms with van der Waals surface area (Å²) in [5, 5.41) is 0. The van der Waals surface area contributed by atoms with Gasteiger partial charge in [0, 0.05) is 18.7 Å². The number of halogens is 6. The molecular formula is C31H40Br6S4. The van der Waals surface area contributed by atoms with Crippen LogP contribution in [0, 0.1) is 6.92 Å². The first-order valence-electron chi connectivity index (χ1n) is 13.1. The molecule has 4 heterocycles. The number of hydrogen-bond acceptors (Lipinski definition) is 4. The van der Waals surface area contributed by atoms with Crippen LogP contribution >= 0.6 is 141 Å². The topological polar surface area (TPSA) is 0 Å². The predicted molar refractivity (Wildman–Crippen MR) is 215 cm³/mol. The van der Waals surface area contributed by atoms with Crippen LogP contribution in [0.4, 0.5) is 0 Å². The van der Waals surface area contributed by atoms with Gasteiger partial charge in [0.2, 0.25) is 0 Å². The van der Waals surface area contributed by atoms with Gasteiger partial charge in [0.05, 0.1) is 24.9 Å². The summed E-state index contributed by atoms with van der Waals surface area (Å²) in [6, 6.07) is 8.42. The Morgan fingerprint density at radius 2 is 0.976 bits per heavy atom. The molecule has 0 aliphatic carbocycles. The Morgan fingerprint density at radius 3 is 1.39 bits per heavy atom. The van der Waals surface area contributed by atoms with Gasteiger partial charge in [-0.15, -0.1) is 45.3 Å². The lowest BCUT2D eigenvalue weighted by molar-refractivity contribution is 0.556. The molecule has 0 aromatic carbocycles. The van der Waals surface area contributed by atoms with Crippen LogP contribution in [0.5, 0.6) is 0 Å². The lowest BCUT2D eigenvalue weighted by Crippen LogP contribution is -1.87. The minimum atomic E-state index is 0. The summed E-state index contributed by atoms with van der Waals surface area (Å²) >= 11 is 29.2. The molecule has 0 bridgehead atoms. The Bertz CT molecular complexity index is 1260. The molecule has 0 fully saturated rings. The van der Waals surface area contributed by atoms with Crippen LogP contribution in [0.3, 0.4) is 0 Å². The molecule has 4 aromatic rings.